The summed E-state index contributed by atoms with van der Waals surface area (Å²) in [7, 11) is 0. The zero-order chi connectivity index (χ0) is 25.2. The Morgan fingerprint density at radius 3 is 1.59 bits per heavy atom. The van der Waals surface area contributed by atoms with Crippen LogP contribution in [0.3, 0.4) is 0 Å². The molecule has 0 aromatic heterocycles. The Hall–Kier alpha value is -2.70. The van der Waals surface area contributed by atoms with Gasteiger partial charge in [-0.1, -0.05) is 68.4 Å². The van der Waals surface area contributed by atoms with Crippen molar-refractivity contribution in [3.05, 3.63) is 83.3 Å². The van der Waals surface area contributed by atoms with E-state index in [-0.39, 0.29) is 6.42 Å². The van der Waals surface area contributed by atoms with E-state index in [1.165, 1.54) is 19.3 Å². The van der Waals surface area contributed by atoms with Crippen LogP contribution in [-0.4, -0.2) is 5.97 Å². The fourth-order valence-corrected chi connectivity index (χ4v) is 2.93. The number of ether oxygens (including phenoxy) is 1. The summed E-state index contributed by atoms with van der Waals surface area (Å²) in [6, 6.07) is 0. The number of allylic oxidation sites excluding steroid dienone is 8. The molecule has 0 saturated carbocycles. The summed E-state index contributed by atoms with van der Waals surface area (Å²) >= 11 is 0. The molecule has 0 spiro atoms. The minimum absolute atomic E-state index is 0.0343. The number of hydrogen-bond acceptors (Lipinski definition) is 2. The van der Waals surface area contributed by atoms with Crippen LogP contribution in [0.2, 0.25) is 0 Å². The van der Waals surface area contributed by atoms with Crippen LogP contribution in [0, 0.1) is 29.1 Å². The molecule has 34 heavy (non-hydrogen) atoms. The van der Waals surface area contributed by atoms with Gasteiger partial charge in [0, 0.05) is 6.42 Å². The van der Waals surface area contributed by atoms with Crippen LogP contribution in [0.5, 0.6) is 0 Å². The van der Waals surface area contributed by atoms with Crippen molar-refractivity contribution in [2.24, 2.45) is 0 Å². The molecule has 7 heteroatoms. The van der Waals surface area contributed by atoms with Gasteiger partial charge in [0.15, 0.2) is 23.3 Å². The molecule has 188 valence electrons. The molecular formula is C27H33F5O2. The second-order valence-corrected chi connectivity index (χ2v) is 7.69. The maximum Gasteiger partial charge on any atom is 0.306 e. The second-order valence-electron chi connectivity index (χ2n) is 7.69. The molecule has 0 radical (unpaired) electrons. The minimum atomic E-state index is -2.25. The molecule has 1 rings (SSSR count). The molecule has 1 aromatic carbocycles. The van der Waals surface area contributed by atoms with Gasteiger partial charge in [-0.2, -0.15) is 0 Å². The zero-order valence-corrected chi connectivity index (χ0v) is 19.6. The summed E-state index contributed by atoms with van der Waals surface area (Å²) in [5, 5.41) is 0. The number of hydrogen-bond donors (Lipinski definition) is 0. The Balaban J connectivity index is 2.15. The first kappa shape index (κ1) is 29.3. The third-order valence-corrected chi connectivity index (χ3v) is 4.89. The number of carbonyl (C=O) groups excluding carboxylic acids is 1. The van der Waals surface area contributed by atoms with E-state index in [1.807, 2.05) is 18.2 Å². The van der Waals surface area contributed by atoms with Gasteiger partial charge >= 0.3 is 5.97 Å². The molecular weight excluding hydrogens is 451 g/mol. The molecule has 0 bridgehead atoms. The highest BCUT2D eigenvalue weighted by atomic mass is 19.2. The van der Waals surface area contributed by atoms with Crippen LogP contribution in [0.15, 0.2) is 48.6 Å². The van der Waals surface area contributed by atoms with Gasteiger partial charge in [-0.3, -0.25) is 4.79 Å². The summed E-state index contributed by atoms with van der Waals surface area (Å²) in [4.78, 5) is 11.7. The van der Waals surface area contributed by atoms with Gasteiger partial charge in [0.2, 0.25) is 5.82 Å². The smallest absolute Gasteiger partial charge is 0.306 e. The summed E-state index contributed by atoms with van der Waals surface area (Å²) in [5.74, 6) is -11.1. The van der Waals surface area contributed by atoms with E-state index in [0.29, 0.717) is 12.8 Å². The number of unbranched alkanes of at least 4 members (excludes halogenated alkanes) is 4. The number of rotatable bonds is 16. The first-order valence-electron chi connectivity index (χ1n) is 11.7. The third kappa shape index (κ3) is 11.4. The number of esters is 1. The van der Waals surface area contributed by atoms with Gasteiger partial charge in [-0.15, -0.1) is 0 Å². The molecule has 0 fully saturated rings. The van der Waals surface area contributed by atoms with Crippen molar-refractivity contribution in [1.82, 2.24) is 0 Å². The lowest BCUT2D eigenvalue weighted by Crippen LogP contribution is -2.11. The van der Waals surface area contributed by atoms with E-state index in [2.05, 4.69) is 42.0 Å². The monoisotopic (exact) mass is 484 g/mol. The lowest BCUT2D eigenvalue weighted by molar-refractivity contribution is -0.145. The molecule has 0 saturated heterocycles. The maximum absolute atomic E-state index is 13.5. The molecule has 0 atom stereocenters. The summed E-state index contributed by atoms with van der Waals surface area (Å²) < 4.78 is 71.0. The third-order valence-electron chi connectivity index (χ3n) is 4.89. The minimum Gasteiger partial charge on any atom is -0.461 e. The second kappa shape index (κ2) is 17.7. The summed E-state index contributed by atoms with van der Waals surface area (Å²) in [6.07, 6.45) is 25.1. The number of halogens is 5. The fourth-order valence-electron chi connectivity index (χ4n) is 2.93. The molecule has 0 aliphatic rings. The van der Waals surface area contributed by atoms with Gasteiger partial charge in [0.1, 0.15) is 6.61 Å². The van der Waals surface area contributed by atoms with E-state index >= 15 is 0 Å². The number of carbonyl (C=O) groups is 1. The predicted molar refractivity (Wildman–Crippen MR) is 124 cm³/mol. The van der Waals surface area contributed by atoms with Crippen molar-refractivity contribution in [2.75, 3.05) is 0 Å². The normalized spacial score (nSPS) is 12.2. The first-order chi connectivity index (χ1) is 16.4. The molecule has 0 amide bonds. The average molecular weight is 485 g/mol. The van der Waals surface area contributed by atoms with E-state index in [1.54, 1.807) is 0 Å². The zero-order valence-electron chi connectivity index (χ0n) is 19.6. The van der Waals surface area contributed by atoms with Crippen LogP contribution >= 0.6 is 0 Å². The average Bonchev–Trinajstić information content (AvgIpc) is 2.83. The van der Waals surface area contributed by atoms with Crippen LogP contribution in [0.4, 0.5) is 22.0 Å². The number of benzene rings is 1. The van der Waals surface area contributed by atoms with Gasteiger partial charge < -0.3 is 4.74 Å². The Kier molecular flexibility index (Phi) is 15.3. The molecule has 0 N–H and O–H groups in total. The van der Waals surface area contributed by atoms with Crippen molar-refractivity contribution in [3.8, 4) is 0 Å². The SMILES string of the molecule is CCCCC/C=C\C/C=C\C/C=C/C/C=C\CCCC(=O)OCc1c(F)c(F)c(F)c(F)c1F. The molecule has 0 aliphatic heterocycles. The molecule has 1 aromatic rings. The molecule has 0 heterocycles. The fraction of sp³-hybridized carbons (Fsp3) is 0.444. The van der Waals surface area contributed by atoms with Gasteiger partial charge in [-0.05, 0) is 44.9 Å². The Bertz CT molecular complexity index is 843. The summed E-state index contributed by atoms with van der Waals surface area (Å²) in [6.45, 7) is 1.18. The van der Waals surface area contributed by atoms with Crippen molar-refractivity contribution in [3.63, 3.8) is 0 Å². The Labute approximate surface area is 198 Å². The highest BCUT2D eigenvalue weighted by molar-refractivity contribution is 5.69. The van der Waals surface area contributed by atoms with Crippen LogP contribution in [0.25, 0.3) is 0 Å². The Morgan fingerprint density at radius 2 is 1.09 bits per heavy atom. The highest BCUT2D eigenvalue weighted by Crippen LogP contribution is 2.23. The first-order valence-corrected chi connectivity index (χ1v) is 11.7. The van der Waals surface area contributed by atoms with Crippen LogP contribution < -0.4 is 0 Å². The van der Waals surface area contributed by atoms with Crippen molar-refractivity contribution >= 4 is 5.97 Å². The topological polar surface area (TPSA) is 26.3 Å². The van der Waals surface area contributed by atoms with E-state index in [9.17, 15) is 26.7 Å². The van der Waals surface area contributed by atoms with E-state index < -0.39 is 47.2 Å². The lowest BCUT2D eigenvalue weighted by atomic mass is 10.2. The Morgan fingerprint density at radius 1 is 0.647 bits per heavy atom. The molecule has 0 aliphatic carbocycles. The van der Waals surface area contributed by atoms with Gasteiger partial charge in [-0.25, -0.2) is 22.0 Å². The van der Waals surface area contributed by atoms with E-state index in [0.717, 1.165) is 25.7 Å². The lowest BCUT2D eigenvalue weighted by Gasteiger charge is -2.09. The van der Waals surface area contributed by atoms with Gasteiger partial charge in [0.25, 0.3) is 0 Å². The summed E-state index contributed by atoms with van der Waals surface area (Å²) in [5.41, 5.74) is -1.16. The van der Waals surface area contributed by atoms with Crippen LogP contribution in [0.1, 0.15) is 76.7 Å². The van der Waals surface area contributed by atoms with Gasteiger partial charge in [0.05, 0.1) is 5.56 Å². The predicted octanol–water partition coefficient (Wildman–Crippen LogP) is 8.57. The van der Waals surface area contributed by atoms with E-state index in [4.69, 9.17) is 0 Å². The molecule has 0 unspecified atom stereocenters. The highest BCUT2D eigenvalue weighted by Gasteiger charge is 2.26. The largest absolute Gasteiger partial charge is 0.461 e. The van der Waals surface area contributed by atoms with Crippen molar-refractivity contribution in [2.45, 2.75) is 77.7 Å². The van der Waals surface area contributed by atoms with Crippen LogP contribution in [-0.2, 0) is 16.1 Å². The standard InChI is InChI=1S/C27H33F5O2/c1-2-3-4-5-6-7-8-9-10-11-12-13-14-15-16-17-18-19-22(33)34-20-21-23(28)25(30)27(32)26(31)24(21)29/h6-7,9-10,12-13,15-16H,2-5,8,11,14,17-20H2,1H3/b7-6-,10-9-,13-12+,16-15-. The van der Waals surface area contributed by atoms with Crippen molar-refractivity contribution < 1.29 is 31.5 Å². The molecule has 2 nitrogen and oxygen atoms in total. The maximum atomic E-state index is 13.5. The quantitative estimate of drug-likeness (QED) is 0.0587. The van der Waals surface area contributed by atoms with Crippen molar-refractivity contribution in [1.29, 1.82) is 0 Å².